The molecule has 4 nitrogen and oxygen atoms in total. The fraction of sp³-hybridized carbons (Fsp3) is 0.385. The van der Waals surface area contributed by atoms with Crippen LogP contribution in [-0.4, -0.2) is 24.0 Å². The maximum atomic E-state index is 10.9. The second-order valence-electron chi connectivity index (χ2n) is 4.45. The molecule has 1 aliphatic rings. The van der Waals surface area contributed by atoms with Crippen molar-refractivity contribution in [2.45, 2.75) is 18.3 Å². The quantitative estimate of drug-likeness (QED) is 0.762. The molecular weight excluding hydrogens is 218 g/mol. The molecule has 1 aromatic rings. The van der Waals surface area contributed by atoms with E-state index in [1.54, 1.807) is 0 Å². The Morgan fingerprint density at radius 3 is 2.71 bits per heavy atom. The molecule has 0 aromatic heterocycles. The number of carbonyl (C=O) groups excluding carboxylic acids is 1. The molecule has 2 atom stereocenters. The molecule has 0 saturated heterocycles. The normalized spacial score (nSPS) is 26.2. The van der Waals surface area contributed by atoms with E-state index in [1.807, 2.05) is 30.3 Å². The highest BCUT2D eigenvalue weighted by Gasteiger charge is 2.54. The molecule has 0 unspecified atom stereocenters. The fourth-order valence-electron chi connectivity index (χ4n) is 2.44. The lowest BCUT2D eigenvalue weighted by molar-refractivity contribution is -0.109. The number of nitrogens with one attached hydrogen (secondary N) is 1. The van der Waals surface area contributed by atoms with E-state index in [0.717, 1.165) is 18.3 Å². The molecule has 2 rings (SSSR count). The van der Waals surface area contributed by atoms with Crippen LogP contribution in [0.2, 0.25) is 0 Å². The number of benzene rings is 1. The van der Waals surface area contributed by atoms with Crippen molar-refractivity contribution in [2.75, 3.05) is 6.54 Å². The van der Waals surface area contributed by atoms with Crippen molar-refractivity contribution in [1.82, 2.24) is 5.32 Å². The van der Waals surface area contributed by atoms with Crippen LogP contribution in [0, 0.1) is 5.92 Å². The first-order chi connectivity index (χ1) is 8.19. The lowest BCUT2D eigenvalue weighted by Gasteiger charge is -2.16. The summed E-state index contributed by atoms with van der Waals surface area (Å²) in [4.78, 5) is 21.3. The van der Waals surface area contributed by atoms with Crippen LogP contribution in [0.5, 0.6) is 0 Å². The smallest absolute Gasteiger partial charge is 0.404 e. The molecule has 90 valence electrons. The Balaban J connectivity index is 2.07. The van der Waals surface area contributed by atoms with Crippen LogP contribution >= 0.6 is 0 Å². The van der Waals surface area contributed by atoms with Crippen LogP contribution in [-0.2, 0) is 10.2 Å². The zero-order valence-electron chi connectivity index (χ0n) is 9.43. The van der Waals surface area contributed by atoms with E-state index < -0.39 is 6.09 Å². The summed E-state index contributed by atoms with van der Waals surface area (Å²) in [7, 11) is 0. The van der Waals surface area contributed by atoms with E-state index in [0.29, 0.717) is 13.0 Å². The monoisotopic (exact) mass is 233 g/mol. The van der Waals surface area contributed by atoms with Crippen LogP contribution in [0.3, 0.4) is 0 Å². The predicted molar refractivity (Wildman–Crippen MR) is 62.9 cm³/mol. The molecule has 0 bridgehead atoms. The van der Waals surface area contributed by atoms with Crippen LogP contribution in [0.25, 0.3) is 0 Å². The topological polar surface area (TPSA) is 66.4 Å². The van der Waals surface area contributed by atoms with Gasteiger partial charge in [-0.1, -0.05) is 30.3 Å². The number of aldehydes is 1. The molecule has 4 heteroatoms. The first kappa shape index (κ1) is 11.6. The van der Waals surface area contributed by atoms with Crippen molar-refractivity contribution >= 4 is 12.4 Å². The maximum Gasteiger partial charge on any atom is 0.404 e. The Bertz CT molecular complexity index is 418. The molecule has 0 radical (unpaired) electrons. The van der Waals surface area contributed by atoms with Gasteiger partial charge in [0.05, 0.1) is 0 Å². The zero-order valence-corrected chi connectivity index (χ0v) is 9.43. The van der Waals surface area contributed by atoms with Crippen molar-refractivity contribution in [1.29, 1.82) is 0 Å². The predicted octanol–water partition coefficient (Wildman–Crippen LogP) is 1.80. The van der Waals surface area contributed by atoms with Gasteiger partial charge >= 0.3 is 6.09 Å². The number of carboxylic acid groups (broad SMARTS) is 1. The molecule has 1 amide bonds. The largest absolute Gasteiger partial charge is 0.465 e. The van der Waals surface area contributed by atoms with Gasteiger partial charge in [0, 0.05) is 17.9 Å². The fourth-order valence-corrected chi connectivity index (χ4v) is 2.44. The Morgan fingerprint density at radius 1 is 1.47 bits per heavy atom. The van der Waals surface area contributed by atoms with Crippen LogP contribution in [0.4, 0.5) is 4.79 Å². The molecule has 0 spiro atoms. The molecule has 1 fully saturated rings. The minimum atomic E-state index is -1.02. The van der Waals surface area contributed by atoms with Gasteiger partial charge in [-0.05, 0) is 18.4 Å². The second-order valence-corrected chi connectivity index (χ2v) is 4.45. The average molecular weight is 233 g/mol. The van der Waals surface area contributed by atoms with E-state index in [-0.39, 0.29) is 11.3 Å². The van der Waals surface area contributed by atoms with Gasteiger partial charge in [0.2, 0.25) is 0 Å². The Hall–Kier alpha value is -1.84. The van der Waals surface area contributed by atoms with Crippen molar-refractivity contribution in [3.8, 4) is 0 Å². The lowest BCUT2D eigenvalue weighted by atomic mass is 9.90. The molecule has 0 aliphatic heterocycles. The van der Waals surface area contributed by atoms with Gasteiger partial charge in [-0.2, -0.15) is 0 Å². The SMILES string of the molecule is O=C[C@@H]1C[C@]1(CCNC(=O)O)c1ccccc1. The third-order valence-electron chi connectivity index (χ3n) is 3.49. The Kier molecular flexibility index (Phi) is 3.13. The minimum Gasteiger partial charge on any atom is -0.465 e. The van der Waals surface area contributed by atoms with Crippen LogP contribution in [0.1, 0.15) is 18.4 Å². The lowest BCUT2D eigenvalue weighted by Crippen LogP contribution is -2.26. The van der Waals surface area contributed by atoms with Gasteiger partial charge in [-0.3, -0.25) is 0 Å². The number of rotatable bonds is 5. The Morgan fingerprint density at radius 2 is 2.18 bits per heavy atom. The first-order valence-corrected chi connectivity index (χ1v) is 5.67. The molecule has 1 aromatic carbocycles. The Labute approximate surface area is 99.6 Å². The summed E-state index contributed by atoms with van der Waals surface area (Å²) in [5, 5.41) is 10.9. The molecule has 1 saturated carbocycles. The minimum absolute atomic E-state index is 0.0282. The highest BCUT2D eigenvalue weighted by Crippen LogP contribution is 2.55. The van der Waals surface area contributed by atoms with Gasteiger partial charge in [-0.15, -0.1) is 0 Å². The van der Waals surface area contributed by atoms with E-state index in [4.69, 9.17) is 5.11 Å². The standard InChI is InChI=1S/C13H15NO3/c15-9-11-8-13(11,6-7-14-12(16)17)10-4-2-1-3-5-10/h1-5,9,11,14H,6-8H2,(H,16,17)/t11-,13+/m0/s1. The maximum absolute atomic E-state index is 10.9. The van der Waals surface area contributed by atoms with Crippen LogP contribution in [0.15, 0.2) is 30.3 Å². The van der Waals surface area contributed by atoms with Crippen molar-refractivity contribution in [3.05, 3.63) is 35.9 Å². The molecule has 0 heterocycles. The van der Waals surface area contributed by atoms with E-state index in [1.165, 1.54) is 0 Å². The number of hydrogen-bond donors (Lipinski definition) is 2. The van der Waals surface area contributed by atoms with E-state index in [9.17, 15) is 9.59 Å². The molecule has 2 N–H and O–H groups in total. The summed E-state index contributed by atoms with van der Waals surface area (Å²) in [6.07, 6.45) is 1.46. The first-order valence-electron chi connectivity index (χ1n) is 5.67. The zero-order chi connectivity index (χ0) is 12.3. The summed E-state index contributed by atoms with van der Waals surface area (Å²) in [6, 6.07) is 9.84. The average Bonchev–Trinajstić information content (AvgIpc) is 3.05. The number of amides is 1. The molecule has 17 heavy (non-hydrogen) atoms. The third kappa shape index (κ3) is 2.30. The summed E-state index contributed by atoms with van der Waals surface area (Å²) >= 11 is 0. The van der Waals surface area contributed by atoms with Crippen molar-refractivity contribution in [2.24, 2.45) is 5.92 Å². The second kappa shape index (κ2) is 4.57. The van der Waals surface area contributed by atoms with Crippen molar-refractivity contribution in [3.63, 3.8) is 0 Å². The van der Waals surface area contributed by atoms with Crippen LogP contribution < -0.4 is 5.32 Å². The van der Waals surface area contributed by atoms with E-state index >= 15 is 0 Å². The summed E-state index contributed by atoms with van der Waals surface area (Å²) < 4.78 is 0. The summed E-state index contributed by atoms with van der Waals surface area (Å²) in [5.74, 6) is 0.0282. The highest BCUT2D eigenvalue weighted by molar-refractivity contribution is 5.66. The van der Waals surface area contributed by atoms with Crippen molar-refractivity contribution < 1.29 is 14.7 Å². The van der Waals surface area contributed by atoms with Gasteiger partial charge in [0.1, 0.15) is 6.29 Å². The number of carbonyl (C=O) groups is 2. The number of hydrogen-bond acceptors (Lipinski definition) is 2. The van der Waals surface area contributed by atoms with Gasteiger partial charge in [0.15, 0.2) is 0 Å². The van der Waals surface area contributed by atoms with E-state index in [2.05, 4.69) is 5.32 Å². The molecular formula is C13H15NO3. The summed E-state index contributed by atoms with van der Waals surface area (Å²) in [6.45, 7) is 0.383. The molecule has 1 aliphatic carbocycles. The van der Waals surface area contributed by atoms with Gasteiger partial charge in [0.25, 0.3) is 0 Å². The highest BCUT2D eigenvalue weighted by atomic mass is 16.4. The van der Waals surface area contributed by atoms with Gasteiger partial charge in [-0.25, -0.2) is 4.79 Å². The summed E-state index contributed by atoms with van der Waals surface area (Å²) in [5.41, 5.74) is 0.982. The van der Waals surface area contributed by atoms with Gasteiger partial charge < -0.3 is 15.2 Å². The third-order valence-corrected chi connectivity index (χ3v) is 3.49.